The Labute approximate surface area is 149 Å². The highest BCUT2D eigenvalue weighted by atomic mass is 35.5. The minimum atomic E-state index is -0.102. The molecule has 2 amide bonds. The summed E-state index contributed by atoms with van der Waals surface area (Å²) in [5.41, 5.74) is 1.14. The summed E-state index contributed by atoms with van der Waals surface area (Å²) >= 11 is 5.86. The van der Waals surface area contributed by atoms with Gasteiger partial charge in [0.1, 0.15) is 0 Å². The van der Waals surface area contributed by atoms with Crippen LogP contribution in [0, 0.1) is 5.92 Å². The molecule has 1 atom stereocenters. The van der Waals surface area contributed by atoms with E-state index in [9.17, 15) is 9.59 Å². The molecule has 5 nitrogen and oxygen atoms in total. The van der Waals surface area contributed by atoms with Crippen LogP contribution < -0.4 is 5.32 Å². The number of hydrogen-bond acceptors (Lipinski definition) is 3. The van der Waals surface area contributed by atoms with Gasteiger partial charge in [-0.25, -0.2) is 0 Å². The highest BCUT2D eigenvalue weighted by molar-refractivity contribution is 6.30. The van der Waals surface area contributed by atoms with Crippen molar-refractivity contribution >= 4 is 23.4 Å². The Morgan fingerprint density at radius 2 is 2.04 bits per heavy atom. The fraction of sp³-hybridized carbons (Fsp3) is 0.556. The molecule has 0 bridgehead atoms. The second-order valence-electron chi connectivity index (χ2n) is 6.55. The van der Waals surface area contributed by atoms with Gasteiger partial charge in [0, 0.05) is 37.6 Å². The molecule has 2 rings (SSSR count). The quantitative estimate of drug-likeness (QED) is 0.815. The normalized spacial score (nSPS) is 18.1. The van der Waals surface area contributed by atoms with Crippen molar-refractivity contribution in [3.8, 4) is 0 Å². The molecule has 132 valence electrons. The first-order chi connectivity index (χ1) is 11.5. The van der Waals surface area contributed by atoms with E-state index in [1.807, 2.05) is 48.2 Å². The summed E-state index contributed by atoms with van der Waals surface area (Å²) in [6.07, 6.45) is 1.88. The second kappa shape index (κ2) is 9.04. The third kappa shape index (κ3) is 5.80. The Kier molecular flexibility index (Phi) is 7.06. The van der Waals surface area contributed by atoms with Crippen LogP contribution in [0.25, 0.3) is 0 Å². The van der Waals surface area contributed by atoms with Crippen LogP contribution in [0.3, 0.4) is 0 Å². The van der Waals surface area contributed by atoms with Crippen LogP contribution in [0.1, 0.15) is 18.4 Å². The lowest BCUT2D eigenvalue weighted by Crippen LogP contribution is -2.47. The summed E-state index contributed by atoms with van der Waals surface area (Å²) in [5, 5.41) is 3.71. The van der Waals surface area contributed by atoms with Crippen molar-refractivity contribution < 1.29 is 9.59 Å². The minimum Gasteiger partial charge on any atom is -0.355 e. The first kappa shape index (κ1) is 18.7. The third-order valence-corrected chi connectivity index (χ3v) is 4.57. The molecular weight excluding hydrogens is 326 g/mol. The number of hydrogen-bond donors (Lipinski definition) is 1. The van der Waals surface area contributed by atoms with Gasteiger partial charge in [0.15, 0.2) is 0 Å². The molecule has 0 radical (unpaired) electrons. The van der Waals surface area contributed by atoms with Crippen LogP contribution in [0.4, 0.5) is 0 Å². The van der Waals surface area contributed by atoms with E-state index in [0.717, 1.165) is 18.5 Å². The van der Waals surface area contributed by atoms with E-state index in [1.54, 1.807) is 0 Å². The van der Waals surface area contributed by atoms with Crippen LogP contribution in [0.15, 0.2) is 24.3 Å². The number of carbonyl (C=O) groups excluding carboxylic acids is 2. The van der Waals surface area contributed by atoms with Gasteiger partial charge in [-0.15, -0.1) is 0 Å². The van der Waals surface area contributed by atoms with E-state index in [2.05, 4.69) is 5.32 Å². The molecule has 0 aliphatic carbocycles. The lowest BCUT2D eigenvalue weighted by molar-refractivity contribution is -0.138. The number of carbonyl (C=O) groups is 2. The number of likely N-dealkylation sites (N-methyl/N-ethyl adjacent to an activating group) is 1. The summed E-state index contributed by atoms with van der Waals surface area (Å²) < 4.78 is 0. The van der Waals surface area contributed by atoms with Gasteiger partial charge in [-0.05, 0) is 44.6 Å². The van der Waals surface area contributed by atoms with Gasteiger partial charge in [-0.3, -0.25) is 9.59 Å². The van der Waals surface area contributed by atoms with Crippen molar-refractivity contribution in [2.24, 2.45) is 5.92 Å². The molecule has 1 aromatic carbocycles. The summed E-state index contributed by atoms with van der Waals surface area (Å²) in [4.78, 5) is 28.2. The van der Waals surface area contributed by atoms with Gasteiger partial charge < -0.3 is 15.1 Å². The highest BCUT2D eigenvalue weighted by Gasteiger charge is 2.29. The molecular formula is C18H26ClN3O2. The molecule has 1 heterocycles. The highest BCUT2D eigenvalue weighted by Crippen LogP contribution is 2.17. The summed E-state index contributed by atoms with van der Waals surface area (Å²) in [6, 6.07) is 7.65. The van der Waals surface area contributed by atoms with E-state index in [1.165, 1.54) is 0 Å². The predicted octanol–water partition coefficient (Wildman–Crippen LogP) is 1.80. The molecule has 1 aliphatic heterocycles. The standard InChI is InChI=1S/C18H26ClN3O2/c1-21(2)11-12-22-13-15(5-8-17(22)23)18(24)20-10-9-14-3-6-16(19)7-4-14/h3-4,6-7,15H,5,8-13H2,1-2H3,(H,20,24). The topological polar surface area (TPSA) is 52.6 Å². The van der Waals surface area contributed by atoms with Gasteiger partial charge in [0.2, 0.25) is 11.8 Å². The molecule has 24 heavy (non-hydrogen) atoms. The fourth-order valence-electron chi connectivity index (χ4n) is 2.79. The number of piperidine rings is 1. The Bertz CT molecular complexity index is 560. The monoisotopic (exact) mass is 351 g/mol. The van der Waals surface area contributed by atoms with Crippen LogP contribution >= 0.6 is 11.6 Å². The van der Waals surface area contributed by atoms with E-state index < -0.39 is 0 Å². The number of halogens is 1. The number of nitrogens with zero attached hydrogens (tertiary/aromatic N) is 2. The van der Waals surface area contributed by atoms with Gasteiger partial charge >= 0.3 is 0 Å². The molecule has 1 fully saturated rings. The zero-order valence-corrected chi connectivity index (χ0v) is 15.2. The average molecular weight is 352 g/mol. The van der Waals surface area contributed by atoms with Crippen LogP contribution in [0.5, 0.6) is 0 Å². The van der Waals surface area contributed by atoms with Gasteiger partial charge in [-0.2, -0.15) is 0 Å². The average Bonchev–Trinajstić information content (AvgIpc) is 2.55. The lowest BCUT2D eigenvalue weighted by Gasteiger charge is -2.32. The van der Waals surface area contributed by atoms with Crippen LogP contribution in [-0.4, -0.2) is 61.9 Å². The van der Waals surface area contributed by atoms with E-state index in [-0.39, 0.29) is 17.7 Å². The maximum atomic E-state index is 12.4. The zero-order chi connectivity index (χ0) is 17.5. The Morgan fingerprint density at radius 3 is 2.71 bits per heavy atom. The van der Waals surface area contributed by atoms with E-state index >= 15 is 0 Å². The van der Waals surface area contributed by atoms with Crippen molar-refractivity contribution in [2.75, 3.05) is 40.3 Å². The number of likely N-dealkylation sites (tertiary alicyclic amines) is 1. The first-order valence-electron chi connectivity index (χ1n) is 8.40. The largest absolute Gasteiger partial charge is 0.355 e. The second-order valence-corrected chi connectivity index (χ2v) is 6.98. The zero-order valence-electron chi connectivity index (χ0n) is 14.4. The third-order valence-electron chi connectivity index (χ3n) is 4.31. The molecule has 1 unspecified atom stereocenters. The van der Waals surface area contributed by atoms with E-state index in [4.69, 9.17) is 11.6 Å². The minimum absolute atomic E-state index is 0.0475. The smallest absolute Gasteiger partial charge is 0.224 e. The number of rotatable bonds is 7. The SMILES string of the molecule is CN(C)CCN1CC(C(=O)NCCc2ccc(Cl)cc2)CCC1=O. The summed E-state index contributed by atoms with van der Waals surface area (Å²) in [7, 11) is 3.96. The van der Waals surface area contributed by atoms with Gasteiger partial charge in [-0.1, -0.05) is 23.7 Å². The maximum absolute atomic E-state index is 12.4. The van der Waals surface area contributed by atoms with Crippen LogP contribution in [-0.2, 0) is 16.0 Å². The van der Waals surface area contributed by atoms with Crippen molar-refractivity contribution in [1.29, 1.82) is 0 Å². The predicted molar refractivity (Wildman–Crippen MR) is 96.0 cm³/mol. The Morgan fingerprint density at radius 1 is 1.33 bits per heavy atom. The molecule has 1 aromatic rings. The molecule has 1 aliphatic rings. The Hall–Kier alpha value is -1.59. The van der Waals surface area contributed by atoms with Gasteiger partial charge in [0.05, 0.1) is 5.92 Å². The number of benzene rings is 1. The molecule has 6 heteroatoms. The first-order valence-corrected chi connectivity index (χ1v) is 8.78. The van der Waals surface area contributed by atoms with Crippen molar-refractivity contribution in [1.82, 2.24) is 15.1 Å². The number of amides is 2. The maximum Gasteiger partial charge on any atom is 0.224 e. The van der Waals surface area contributed by atoms with Crippen LogP contribution in [0.2, 0.25) is 5.02 Å². The molecule has 0 spiro atoms. The molecule has 0 saturated carbocycles. The lowest BCUT2D eigenvalue weighted by atomic mass is 9.96. The van der Waals surface area contributed by atoms with Crippen molar-refractivity contribution in [3.63, 3.8) is 0 Å². The molecule has 1 N–H and O–H groups in total. The molecule has 0 aromatic heterocycles. The number of nitrogens with one attached hydrogen (secondary N) is 1. The van der Waals surface area contributed by atoms with Crippen molar-refractivity contribution in [3.05, 3.63) is 34.9 Å². The van der Waals surface area contributed by atoms with Gasteiger partial charge in [0.25, 0.3) is 0 Å². The molecule has 1 saturated heterocycles. The Balaban J connectivity index is 1.76. The fourth-order valence-corrected chi connectivity index (χ4v) is 2.92. The van der Waals surface area contributed by atoms with Crippen molar-refractivity contribution in [2.45, 2.75) is 19.3 Å². The summed E-state index contributed by atoms with van der Waals surface area (Å²) in [6.45, 7) is 2.62. The summed E-state index contributed by atoms with van der Waals surface area (Å²) in [5.74, 6) is 0.100. The van der Waals surface area contributed by atoms with E-state index in [0.29, 0.717) is 37.5 Å².